The Labute approximate surface area is 168 Å². The van der Waals surface area contributed by atoms with Gasteiger partial charge in [0.25, 0.3) is 5.91 Å². The number of amides is 2. The van der Waals surface area contributed by atoms with Crippen molar-refractivity contribution in [2.75, 3.05) is 19.6 Å². The molecular weight excluding hydrogens is 370 g/mol. The highest BCUT2D eigenvalue weighted by Gasteiger charge is 2.33. The van der Waals surface area contributed by atoms with Crippen LogP contribution in [0.2, 0.25) is 0 Å². The molecule has 0 unspecified atom stereocenters. The monoisotopic (exact) mass is 393 g/mol. The van der Waals surface area contributed by atoms with Gasteiger partial charge < -0.3 is 14.8 Å². The molecule has 0 radical (unpaired) electrons. The van der Waals surface area contributed by atoms with E-state index >= 15 is 0 Å². The third-order valence-electron chi connectivity index (χ3n) is 5.11. The molecule has 2 amide bonds. The normalized spacial score (nSPS) is 17.2. The molecule has 0 bridgehead atoms. The van der Waals surface area contributed by atoms with Gasteiger partial charge in [-0.05, 0) is 18.9 Å². The van der Waals surface area contributed by atoms with E-state index in [1.807, 2.05) is 37.3 Å². The summed E-state index contributed by atoms with van der Waals surface area (Å²) < 4.78 is 0. The first kappa shape index (κ1) is 18.9. The summed E-state index contributed by atoms with van der Waals surface area (Å²) in [6.07, 6.45) is 3.87. The fourth-order valence-electron chi connectivity index (χ4n) is 3.62. The van der Waals surface area contributed by atoms with Crippen LogP contribution in [0.4, 0.5) is 0 Å². The number of hydrogen-bond donors (Lipinski definition) is 2. The Kier molecular flexibility index (Phi) is 5.37. The molecule has 9 heteroatoms. The van der Waals surface area contributed by atoms with Gasteiger partial charge in [0.05, 0.1) is 25.0 Å². The van der Waals surface area contributed by atoms with Gasteiger partial charge >= 0.3 is 0 Å². The second-order valence-corrected chi connectivity index (χ2v) is 7.09. The molecule has 2 N–H and O–H groups in total. The first-order valence-electron chi connectivity index (χ1n) is 9.62. The molecule has 1 fully saturated rings. The lowest BCUT2D eigenvalue weighted by atomic mass is 10.1. The van der Waals surface area contributed by atoms with Crippen LogP contribution in [0.25, 0.3) is 0 Å². The van der Waals surface area contributed by atoms with Crippen LogP contribution in [0.3, 0.4) is 0 Å². The summed E-state index contributed by atoms with van der Waals surface area (Å²) in [5.41, 5.74) is 1.40. The minimum Gasteiger partial charge on any atom is -0.341 e. The third-order valence-corrected chi connectivity index (χ3v) is 5.11. The number of aromatic nitrogens is 5. The van der Waals surface area contributed by atoms with E-state index in [0.717, 1.165) is 5.56 Å². The van der Waals surface area contributed by atoms with Gasteiger partial charge in [0.15, 0.2) is 5.82 Å². The molecule has 2 aromatic heterocycles. The number of nitrogens with zero attached hydrogens (tertiary/aromatic N) is 5. The molecule has 150 valence electrons. The number of imidazole rings is 1. The lowest BCUT2D eigenvalue weighted by molar-refractivity contribution is -0.133. The molecular formula is C20H23N7O2. The van der Waals surface area contributed by atoms with Gasteiger partial charge in [0, 0.05) is 19.6 Å². The fourth-order valence-corrected chi connectivity index (χ4v) is 3.62. The Morgan fingerprint density at radius 2 is 2.00 bits per heavy atom. The average Bonchev–Trinajstić information content (AvgIpc) is 3.36. The van der Waals surface area contributed by atoms with Gasteiger partial charge in [0.2, 0.25) is 5.91 Å². The number of carbonyl (C=O) groups excluding carboxylic acids is 2. The number of H-pyrrole nitrogens is 2. The van der Waals surface area contributed by atoms with E-state index in [-0.39, 0.29) is 17.9 Å². The van der Waals surface area contributed by atoms with Gasteiger partial charge in [-0.25, -0.2) is 9.97 Å². The van der Waals surface area contributed by atoms with Crippen LogP contribution >= 0.6 is 0 Å². The quantitative estimate of drug-likeness (QED) is 0.698. The number of benzene rings is 1. The largest absolute Gasteiger partial charge is 0.341 e. The van der Waals surface area contributed by atoms with Crippen molar-refractivity contribution in [3.05, 3.63) is 65.8 Å². The number of hydrogen-bond acceptors (Lipinski definition) is 5. The van der Waals surface area contributed by atoms with E-state index in [4.69, 9.17) is 0 Å². The van der Waals surface area contributed by atoms with Crippen LogP contribution in [-0.2, 0) is 11.2 Å². The maximum atomic E-state index is 13.2. The Morgan fingerprint density at radius 3 is 2.69 bits per heavy atom. The number of rotatable bonds is 4. The first-order chi connectivity index (χ1) is 14.1. The topological polar surface area (TPSA) is 111 Å². The number of nitrogens with one attached hydrogen (secondary N) is 2. The summed E-state index contributed by atoms with van der Waals surface area (Å²) in [7, 11) is 0. The van der Waals surface area contributed by atoms with Crippen LogP contribution in [0.5, 0.6) is 0 Å². The van der Waals surface area contributed by atoms with Crippen molar-refractivity contribution in [3.8, 4) is 0 Å². The van der Waals surface area contributed by atoms with Crippen molar-refractivity contribution in [3.63, 3.8) is 0 Å². The zero-order valence-corrected chi connectivity index (χ0v) is 16.2. The van der Waals surface area contributed by atoms with Crippen molar-refractivity contribution in [1.82, 2.24) is 34.9 Å². The minimum absolute atomic E-state index is 0.000470. The highest BCUT2D eigenvalue weighted by atomic mass is 16.2. The predicted molar refractivity (Wildman–Crippen MR) is 105 cm³/mol. The molecule has 3 aromatic rings. The van der Waals surface area contributed by atoms with Gasteiger partial charge in [0.1, 0.15) is 11.5 Å². The summed E-state index contributed by atoms with van der Waals surface area (Å²) >= 11 is 0. The van der Waals surface area contributed by atoms with Crippen LogP contribution in [0.1, 0.15) is 40.2 Å². The van der Waals surface area contributed by atoms with Crippen molar-refractivity contribution in [2.24, 2.45) is 0 Å². The van der Waals surface area contributed by atoms with E-state index in [1.165, 1.54) is 12.5 Å². The van der Waals surface area contributed by atoms with Gasteiger partial charge in [-0.3, -0.25) is 14.7 Å². The summed E-state index contributed by atoms with van der Waals surface area (Å²) in [6.45, 7) is 3.20. The molecule has 29 heavy (non-hydrogen) atoms. The van der Waals surface area contributed by atoms with Crippen LogP contribution in [0, 0.1) is 6.92 Å². The van der Waals surface area contributed by atoms with Gasteiger partial charge in [-0.15, -0.1) is 0 Å². The van der Waals surface area contributed by atoms with E-state index in [9.17, 15) is 9.59 Å². The van der Waals surface area contributed by atoms with Crippen molar-refractivity contribution in [1.29, 1.82) is 0 Å². The number of carbonyl (C=O) groups is 2. The molecule has 0 spiro atoms. The van der Waals surface area contributed by atoms with E-state index < -0.39 is 0 Å². The summed E-state index contributed by atoms with van der Waals surface area (Å²) in [6, 6.07) is 9.37. The molecule has 0 aliphatic carbocycles. The molecule has 4 rings (SSSR count). The van der Waals surface area contributed by atoms with Crippen LogP contribution in [-0.4, -0.2) is 66.4 Å². The molecule has 1 atom stereocenters. The van der Waals surface area contributed by atoms with E-state index in [1.54, 1.807) is 9.80 Å². The number of aryl methyl sites for hydroxylation is 1. The second-order valence-electron chi connectivity index (χ2n) is 7.09. The first-order valence-corrected chi connectivity index (χ1v) is 9.62. The minimum atomic E-state index is -0.282. The molecule has 1 aromatic carbocycles. The zero-order valence-electron chi connectivity index (χ0n) is 16.2. The molecule has 3 heterocycles. The maximum Gasteiger partial charge on any atom is 0.271 e. The Morgan fingerprint density at radius 1 is 1.17 bits per heavy atom. The Bertz CT molecular complexity index is 968. The van der Waals surface area contributed by atoms with E-state index in [2.05, 4.69) is 25.1 Å². The summed E-state index contributed by atoms with van der Waals surface area (Å²) in [5, 5.41) is 7.15. The lowest BCUT2D eigenvalue weighted by Crippen LogP contribution is -2.39. The Hall–Kier alpha value is -3.49. The SMILES string of the molecule is Cc1nc([C@@H]2CCN(C(=O)c3cnc[nH]3)CCN2C(=O)Cc2ccccc2)n[nH]1. The van der Waals surface area contributed by atoms with Gasteiger partial charge in [-0.1, -0.05) is 30.3 Å². The molecule has 1 saturated heterocycles. The standard InChI is InChI=1S/C20H23N7O2/c1-14-23-19(25-24-14)17-7-8-26(20(29)16-12-21-13-22-16)9-10-27(17)18(28)11-15-5-3-2-4-6-15/h2-6,12-13,17H,7-11H2,1H3,(H,21,22)(H,23,24,25)/t17-/m0/s1. The smallest absolute Gasteiger partial charge is 0.271 e. The number of aromatic amines is 2. The summed E-state index contributed by atoms with van der Waals surface area (Å²) in [5.74, 6) is 1.16. The van der Waals surface area contributed by atoms with E-state index in [0.29, 0.717) is 49.8 Å². The average molecular weight is 393 g/mol. The molecule has 9 nitrogen and oxygen atoms in total. The maximum absolute atomic E-state index is 13.2. The van der Waals surface area contributed by atoms with Gasteiger partial charge in [-0.2, -0.15) is 5.10 Å². The molecule has 1 aliphatic heterocycles. The lowest BCUT2D eigenvalue weighted by Gasteiger charge is -2.27. The highest BCUT2D eigenvalue weighted by molar-refractivity contribution is 5.92. The second kappa shape index (κ2) is 8.26. The molecule has 1 aliphatic rings. The van der Waals surface area contributed by atoms with Crippen molar-refractivity contribution >= 4 is 11.8 Å². The third kappa shape index (κ3) is 4.18. The van der Waals surface area contributed by atoms with Crippen LogP contribution in [0.15, 0.2) is 42.9 Å². The van der Waals surface area contributed by atoms with Crippen molar-refractivity contribution < 1.29 is 9.59 Å². The zero-order chi connectivity index (χ0) is 20.2. The van der Waals surface area contributed by atoms with Crippen LogP contribution < -0.4 is 0 Å². The predicted octanol–water partition coefficient (Wildman–Crippen LogP) is 1.49. The Balaban J connectivity index is 1.56. The fraction of sp³-hybridized carbons (Fsp3) is 0.350. The molecule has 0 saturated carbocycles. The van der Waals surface area contributed by atoms with Crippen molar-refractivity contribution in [2.45, 2.75) is 25.8 Å². The summed E-state index contributed by atoms with van der Waals surface area (Å²) in [4.78, 5) is 40.7. The highest BCUT2D eigenvalue weighted by Crippen LogP contribution is 2.26.